The van der Waals surface area contributed by atoms with Crippen molar-refractivity contribution in [2.45, 2.75) is 13.3 Å². The third-order valence-corrected chi connectivity index (χ3v) is 2.46. The third kappa shape index (κ3) is 4.25. The second-order valence-corrected chi connectivity index (χ2v) is 3.89. The molecule has 0 atom stereocenters. The van der Waals surface area contributed by atoms with E-state index in [1.807, 2.05) is 0 Å². The molecule has 0 bridgehead atoms. The molecule has 5 nitrogen and oxygen atoms in total. The maximum atomic E-state index is 11.8. The van der Waals surface area contributed by atoms with Gasteiger partial charge in [0.15, 0.2) is 0 Å². The largest absolute Gasteiger partial charge is 0.507 e. The lowest BCUT2D eigenvalue weighted by atomic mass is 10.2. The molecule has 1 rings (SSSR count). The Hall–Kier alpha value is -1.75. The van der Waals surface area contributed by atoms with Gasteiger partial charge in [-0.3, -0.25) is 4.79 Å². The van der Waals surface area contributed by atoms with E-state index in [1.165, 1.54) is 13.2 Å². The number of phenols is 1. The molecular weight excluding hydrogens is 232 g/mol. The lowest BCUT2D eigenvalue weighted by molar-refractivity contribution is 0.0951. The molecule has 0 unspecified atom stereocenters. The predicted molar refractivity (Wildman–Crippen MR) is 70.2 cm³/mol. The number of methoxy groups -OCH3 is 1. The average Bonchev–Trinajstić information content (AvgIpc) is 2.38. The average molecular weight is 252 g/mol. The fourth-order valence-electron chi connectivity index (χ4n) is 1.49. The van der Waals surface area contributed by atoms with Crippen molar-refractivity contribution in [1.29, 1.82) is 0 Å². The Bertz CT molecular complexity index is 394. The Kier molecular flexibility index (Phi) is 6.00. The molecular formula is C13H20N2O3. The molecule has 0 aromatic heterocycles. The molecule has 0 aliphatic carbocycles. The number of benzene rings is 1. The minimum atomic E-state index is -0.284. The van der Waals surface area contributed by atoms with Gasteiger partial charge in [0.1, 0.15) is 11.5 Å². The van der Waals surface area contributed by atoms with E-state index in [0.717, 1.165) is 19.5 Å². The second kappa shape index (κ2) is 7.55. The van der Waals surface area contributed by atoms with Crippen LogP contribution in [0, 0.1) is 0 Å². The normalized spacial score (nSPS) is 10.1. The van der Waals surface area contributed by atoms with Gasteiger partial charge in [-0.2, -0.15) is 0 Å². The zero-order valence-electron chi connectivity index (χ0n) is 10.8. The quantitative estimate of drug-likeness (QED) is 0.636. The summed E-state index contributed by atoms with van der Waals surface area (Å²) in [6, 6.07) is 4.61. The number of amides is 1. The number of ether oxygens (including phenoxy) is 1. The summed E-state index contributed by atoms with van der Waals surface area (Å²) in [7, 11) is 1.51. The van der Waals surface area contributed by atoms with Gasteiger partial charge in [-0.25, -0.2) is 0 Å². The van der Waals surface area contributed by atoms with Gasteiger partial charge in [-0.05, 0) is 25.1 Å². The van der Waals surface area contributed by atoms with E-state index in [-0.39, 0.29) is 17.2 Å². The van der Waals surface area contributed by atoms with Gasteiger partial charge in [0.05, 0.1) is 12.7 Å². The van der Waals surface area contributed by atoms with Crippen molar-refractivity contribution in [3.05, 3.63) is 23.8 Å². The lowest BCUT2D eigenvalue weighted by Gasteiger charge is -2.08. The summed E-state index contributed by atoms with van der Waals surface area (Å²) < 4.78 is 4.95. The number of hydrogen-bond acceptors (Lipinski definition) is 4. The van der Waals surface area contributed by atoms with E-state index in [2.05, 4.69) is 17.6 Å². The minimum absolute atomic E-state index is 0.0756. The Morgan fingerprint density at radius 2 is 2.11 bits per heavy atom. The maximum absolute atomic E-state index is 11.8. The highest BCUT2D eigenvalue weighted by atomic mass is 16.5. The Labute approximate surface area is 107 Å². The van der Waals surface area contributed by atoms with Gasteiger partial charge in [0.25, 0.3) is 5.91 Å². The fraction of sp³-hybridized carbons (Fsp3) is 0.462. The summed E-state index contributed by atoms with van der Waals surface area (Å²) >= 11 is 0. The fourth-order valence-corrected chi connectivity index (χ4v) is 1.49. The molecule has 0 aliphatic heterocycles. The van der Waals surface area contributed by atoms with E-state index in [0.29, 0.717) is 12.3 Å². The monoisotopic (exact) mass is 252 g/mol. The number of nitrogens with one attached hydrogen (secondary N) is 2. The first-order chi connectivity index (χ1) is 8.69. The molecule has 1 aromatic carbocycles. The number of hydrogen-bond donors (Lipinski definition) is 3. The van der Waals surface area contributed by atoms with Crippen LogP contribution in [-0.2, 0) is 0 Å². The van der Waals surface area contributed by atoms with Crippen molar-refractivity contribution in [3.8, 4) is 11.5 Å². The highest BCUT2D eigenvalue weighted by Crippen LogP contribution is 2.22. The number of carbonyl (C=O) groups excluding carboxylic acids is 1. The summed E-state index contributed by atoms with van der Waals surface area (Å²) in [4.78, 5) is 11.8. The zero-order chi connectivity index (χ0) is 13.4. The van der Waals surface area contributed by atoms with Crippen molar-refractivity contribution >= 4 is 5.91 Å². The van der Waals surface area contributed by atoms with Crippen molar-refractivity contribution in [1.82, 2.24) is 10.6 Å². The summed E-state index contributed by atoms with van der Waals surface area (Å²) in [5.41, 5.74) is 0.256. The van der Waals surface area contributed by atoms with Gasteiger partial charge in [0.2, 0.25) is 0 Å². The zero-order valence-corrected chi connectivity index (χ0v) is 10.8. The smallest absolute Gasteiger partial charge is 0.255 e. The molecule has 0 saturated carbocycles. The summed E-state index contributed by atoms with van der Waals surface area (Å²) in [5, 5.41) is 15.6. The lowest BCUT2D eigenvalue weighted by Crippen LogP contribution is -2.32. The van der Waals surface area contributed by atoms with Gasteiger partial charge >= 0.3 is 0 Å². The van der Waals surface area contributed by atoms with E-state index in [1.54, 1.807) is 12.1 Å². The second-order valence-electron chi connectivity index (χ2n) is 3.89. The molecule has 0 aliphatic rings. The Morgan fingerprint density at radius 3 is 2.72 bits per heavy atom. The van der Waals surface area contributed by atoms with Gasteiger partial charge in [-0.15, -0.1) is 0 Å². The summed E-state index contributed by atoms with van der Waals surface area (Å²) in [6.07, 6.45) is 1.06. The van der Waals surface area contributed by atoms with Crippen LogP contribution in [0.4, 0.5) is 0 Å². The minimum Gasteiger partial charge on any atom is -0.507 e. The van der Waals surface area contributed by atoms with Crippen molar-refractivity contribution in [2.24, 2.45) is 0 Å². The van der Waals surface area contributed by atoms with Crippen LogP contribution in [0.3, 0.4) is 0 Å². The molecule has 3 N–H and O–H groups in total. The van der Waals surface area contributed by atoms with E-state index in [4.69, 9.17) is 4.74 Å². The van der Waals surface area contributed by atoms with Crippen LogP contribution in [0.15, 0.2) is 18.2 Å². The predicted octanol–water partition coefficient (Wildman–Crippen LogP) is 1.13. The molecule has 0 radical (unpaired) electrons. The van der Waals surface area contributed by atoms with Gasteiger partial charge < -0.3 is 20.5 Å². The van der Waals surface area contributed by atoms with Crippen LogP contribution in [0.2, 0.25) is 0 Å². The van der Waals surface area contributed by atoms with Crippen molar-refractivity contribution < 1.29 is 14.6 Å². The molecule has 1 aromatic rings. The van der Waals surface area contributed by atoms with Crippen LogP contribution in [0.5, 0.6) is 11.5 Å². The number of rotatable bonds is 7. The van der Waals surface area contributed by atoms with Gasteiger partial charge in [-0.1, -0.05) is 6.92 Å². The van der Waals surface area contributed by atoms with Crippen LogP contribution in [-0.4, -0.2) is 37.8 Å². The molecule has 1 amide bonds. The third-order valence-electron chi connectivity index (χ3n) is 2.46. The van der Waals surface area contributed by atoms with Crippen LogP contribution >= 0.6 is 0 Å². The first-order valence-electron chi connectivity index (χ1n) is 6.05. The number of aromatic hydroxyl groups is 1. The highest BCUT2D eigenvalue weighted by Gasteiger charge is 2.10. The summed E-state index contributed by atoms with van der Waals surface area (Å²) in [5.74, 6) is 0.162. The molecule has 100 valence electrons. The van der Waals surface area contributed by atoms with Crippen LogP contribution in [0.25, 0.3) is 0 Å². The number of phenolic OH excluding ortho intramolecular Hbond substituents is 1. The van der Waals surface area contributed by atoms with Crippen LogP contribution < -0.4 is 15.4 Å². The molecule has 0 fully saturated rings. The first kappa shape index (κ1) is 14.3. The number of carbonyl (C=O) groups is 1. The Balaban J connectivity index is 2.46. The molecule has 0 saturated heterocycles. The summed E-state index contributed by atoms with van der Waals surface area (Å²) in [6.45, 7) is 4.27. The van der Waals surface area contributed by atoms with E-state index >= 15 is 0 Å². The molecule has 0 heterocycles. The van der Waals surface area contributed by atoms with Crippen molar-refractivity contribution in [2.75, 3.05) is 26.7 Å². The van der Waals surface area contributed by atoms with Crippen molar-refractivity contribution in [3.63, 3.8) is 0 Å². The Morgan fingerprint density at radius 1 is 1.33 bits per heavy atom. The van der Waals surface area contributed by atoms with Crippen LogP contribution in [0.1, 0.15) is 23.7 Å². The van der Waals surface area contributed by atoms with E-state index < -0.39 is 0 Å². The standard InChI is InChI=1S/C13H20N2O3/c1-3-6-14-7-8-15-13(17)11-5-4-10(18-2)9-12(11)16/h4-5,9,14,16H,3,6-8H2,1-2H3,(H,15,17). The SMILES string of the molecule is CCCNCCNC(=O)c1ccc(OC)cc1O. The van der Waals surface area contributed by atoms with Gasteiger partial charge in [0, 0.05) is 19.2 Å². The van der Waals surface area contributed by atoms with E-state index in [9.17, 15) is 9.90 Å². The molecule has 0 spiro atoms. The first-order valence-corrected chi connectivity index (χ1v) is 6.05. The maximum Gasteiger partial charge on any atom is 0.255 e. The molecule has 5 heteroatoms. The highest BCUT2D eigenvalue weighted by molar-refractivity contribution is 5.96. The molecule has 18 heavy (non-hydrogen) atoms. The topological polar surface area (TPSA) is 70.6 Å².